The van der Waals surface area contributed by atoms with Gasteiger partial charge in [0.2, 0.25) is 11.2 Å². The molecule has 3 rings (SSSR count). The number of benzene rings is 1. The van der Waals surface area contributed by atoms with Gasteiger partial charge in [0.25, 0.3) is 0 Å². The molecule has 0 amide bonds. The number of fused-ring (bicyclic) bond motifs is 1. The van der Waals surface area contributed by atoms with Crippen molar-refractivity contribution >= 4 is 22.3 Å². The van der Waals surface area contributed by atoms with E-state index in [1.54, 1.807) is 6.92 Å². The van der Waals surface area contributed by atoms with Crippen molar-refractivity contribution in [3.8, 4) is 17.0 Å². The second-order valence-corrected chi connectivity index (χ2v) is 5.38. The molecule has 0 saturated carbocycles. The molecule has 0 radical (unpaired) electrons. The van der Waals surface area contributed by atoms with Crippen LogP contribution in [0.15, 0.2) is 32.2 Å². The van der Waals surface area contributed by atoms with Crippen LogP contribution in [0.4, 0.5) is 13.2 Å². The molecule has 0 bridgehead atoms. The second-order valence-electron chi connectivity index (χ2n) is 4.66. The Morgan fingerprint density at radius 3 is 2.64 bits per heavy atom. The molecule has 0 aliphatic carbocycles. The van der Waals surface area contributed by atoms with E-state index in [2.05, 4.69) is 4.98 Å². The Morgan fingerprint density at radius 2 is 2.05 bits per heavy atom. The van der Waals surface area contributed by atoms with Gasteiger partial charge in [0.15, 0.2) is 0 Å². The zero-order chi connectivity index (χ0) is 16.1. The molecular formula is C14H8F3NO3S. The minimum Gasteiger partial charge on any atom is -0.507 e. The Hall–Kier alpha value is -2.35. The molecule has 0 aliphatic heterocycles. The number of aromatic hydroxyl groups is 1. The summed E-state index contributed by atoms with van der Waals surface area (Å²) in [4.78, 5) is 16.2. The van der Waals surface area contributed by atoms with Gasteiger partial charge in [-0.25, -0.2) is 4.98 Å². The van der Waals surface area contributed by atoms with Crippen LogP contribution in [0, 0.1) is 6.92 Å². The third-order valence-electron chi connectivity index (χ3n) is 3.06. The van der Waals surface area contributed by atoms with Crippen LogP contribution >= 0.6 is 11.3 Å². The average Bonchev–Trinajstić information content (AvgIpc) is 2.89. The van der Waals surface area contributed by atoms with E-state index in [1.165, 1.54) is 23.0 Å². The van der Waals surface area contributed by atoms with Crippen molar-refractivity contribution in [1.29, 1.82) is 0 Å². The van der Waals surface area contributed by atoms with Gasteiger partial charge in [-0.15, -0.1) is 11.3 Å². The van der Waals surface area contributed by atoms with E-state index in [0.717, 1.165) is 11.3 Å². The summed E-state index contributed by atoms with van der Waals surface area (Å²) in [5, 5.41) is 10.9. The van der Waals surface area contributed by atoms with Crippen LogP contribution in [0.1, 0.15) is 11.3 Å². The maximum atomic E-state index is 13.2. The highest BCUT2D eigenvalue weighted by molar-refractivity contribution is 7.07. The fourth-order valence-corrected chi connectivity index (χ4v) is 2.74. The first-order valence-corrected chi connectivity index (χ1v) is 6.99. The maximum absolute atomic E-state index is 13.2. The van der Waals surface area contributed by atoms with Gasteiger partial charge in [0.1, 0.15) is 16.7 Å². The molecule has 2 heterocycles. The lowest BCUT2D eigenvalue weighted by Gasteiger charge is -2.12. The maximum Gasteiger partial charge on any atom is 0.450 e. The number of hydrogen-bond donors (Lipinski definition) is 1. The quantitative estimate of drug-likeness (QED) is 0.735. The summed E-state index contributed by atoms with van der Waals surface area (Å²) in [6, 6.07) is 2.56. The zero-order valence-electron chi connectivity index (χ0n) is 11.1. The molecule has 0 fully saturated rings. The molecule has 4 nitrogen and oxygen atoms in total. The first-order valence-electron chi connectivity index (χ1n) is 6.05. The molecule has 114 valence electrons. The van der Waals surface area contributed by atoms with Crippen LogP contribution in [-0.4, -0.2) is 10.1 Å². The summed E-state index contributed by atoms with van der Waals surface area (Å²) in [5.41, 5.74) is -0.310. The second kappa shape index (κ2) is 4.84. The van der Waals surface area contributed by atoms with Gasteiger partial charge in [-0.3, -0.25) is 4.79 Å². The predicted octanol–water partition coefficient (Wildman–Crippen LogP) is 3.95. The third kappa shape index (κ3) is 2.25. The first kappa shape index (κ1) is 14.6. The van der Waals surface area contributed by atoms with Crippen molar-refractivity contribution in [2.75, 3.05) is 0 Å². The number of hydrogen-bond acceptors (Lipinski definition) is 5. The number of thiazole rings is 1. The normalized spacial score (nSPS) is 12.0. The van der Waals surface area contributed by atoms with Crippen LogP contribution in [0.25, 0.3) is 22.2 Å². The highest BCUT2D eigenvalue weighted by Gasteiger charge is 2.40. The highest BCUT2D eigenvalue weighted by Crippen LogP contribution is 2.38. The van der Waals surface area contributed by atoms with Crippen LogP contribution in [-0.2, 0) is 6.18 Å². The van der Waals surface area contributed by atoms with Crippen LogP contribution < -0.4 is 5.43 Å². The Balaban J connectivity index is 2.52. The van der Waals surface area contributed by atoms with E-state index < -0.39 is 28.7 Å². The molecule has 0 saturated heterocycles. The van der Waals surface area contributed by atoms with Crippen molar-refractivity contribution < 1.29 is 22.7 Å². The number of halogens is 3. The first-order chi connectivity index (χ1) is 10.3. The van der Waals surface area contributed by atoms with Gasteiger partial charge >= 0.3 is 6.18 Å². The lowest BCUT2D eigenvalue weighted by Crippen LogP contribution is -2.16. The number of alkyl halides is 3. The molecule has 3 aromatic rings. The Kier molecular flexibility index (Phi) is 3.21. The molecule has 1 N–H and O–H groups in total. The zero-order valence-corrected chi connectivity index (χ0v) is 11.9. The monoisotopic (exact) mass is 327 g/mol. The predicted molar refractivity (Wildman–Crippen MR) is 75.0 cm³/mol. The number of nitrogens with zero attached hydrogens (tertiary/aromatic N) is 1. The summed E-state index contributed by atoms with van der Waals surface area (Å²) in [5.74, 6) is -1.84. The summed E-state index contributed by atoms with van der Waals surface area (Å²) < 4.78 is 44.6. The van der Waals surface area contributed by atoms with Crippen LogP contribution in [0.5, 0.6) is 5.75 Å². The number of phenols is 1. The molecule has 22 heavy (non-hydrogen) atoms. The summed E-state index contributed by atoms with van der Waals surface area (Å²) in [6.07, 6.45) is -4.86. The van der Waals surface area contributed by atoms with Gasteiger partial charge in [-0.1, -0.05) is 0 Å². The van der Waals surface area contributed by atoms with Crippen molar-refractivity contribution in [2.24, 2.45) is 0 Å². The largest absolute Gasteiger partial charge is 0.507 e. The molecule has 0 aliphatic rings. The fourth-order valence-electron chi connectivity index (χ4n) is 2.20. The minimum atomic E-state index is -4.86. The number of phenolic OH excluding ortho intramolecular Hbond substituents is 1. The van der Waals surface area contributed by atoms with Gasteiger partial charge in [-0.2, -0.15) is 13.2 Å². The number of aryl methyl sites for hydroxylation is 1. The van der Waals surface area contributed by atoms with E-state index in [0.29, 0.717) is 5.56 Å². The van der Waals surface area contributed by atoms with E-state index >= 15 is 0 Å². The Bertz CT molecular complexity index is 914. The van der Waals surface area contributed by atoms with Crippen molar-refractivity contribution in [3.63, 3.8) is 0 Å². The number of aromatic nitrogens is 1. The van der Waals surface area contributed by atoms with Gasteiger partial charge in [0.05, 0.1) is 16.8 Å². The molecule has 1 aromatic carbocycles. The molecule has 0 atom stereocenters. The molecule has 8 heteroatoms. The van der Waals surface area contributed by atoms with Gasteiger partial charge in [-0.05, 0) is 24.6 Å². The Morgan fingerprint density at radius 1 is 1.32 bits per heavy atom. The lowest BCUT2D eigenvalue weighted by atomic mass is 10.1. The van der Waals surface area contributed by atoms with Gasteiger partial charge < -0.3 is 9.52 Å². The van der Waals surface area contributed by atoms with Crippen molar-refractivity contribution in [2.45, 2.75) is 13.1 Å². The van der Waals surface area contributed by atoms with Crippen LogP contribution in [0.3, 0.4) is 0 Å². The van der Waals surface area contributed by atoms with Gasteiger partial charge in [0, 0.05) is 5.38 Å². The van der Waals surface area contributed by atoms with Crippen molar-refractivity contribution in [3.05, 3.63) is 44.6 Å². The van der Waals surface area contributed by atoms with Crippen molar-refractivity contribution in [1.82, 2.24) is 4.98 Å². The van der Waals surface area contributed by atoms with E-state index in [-0.39, 0.29) is 16.7 Å². The van der Waals surface area contributed by atoms with E-state index in [4.69, 9.17) is 4.42 Å². The van der Waals surface area contributed by atoms with E-state index in [9.17, 15) is 23.1 Å². The molecule has 0 unspecified atom stereocenters. The minimum absolute atomic E-state index is 0.132. The van der Waals surface area contributed by atoms with Crippen LogP contribution in [0.2, 0.25) is 0 Å². The standard InChI is InChI=1S/C14H8F3NO3S/c1-6-2-8(19)11-9(3-6)21-13(14(15,16)17)10(12(11)20)7-4-22-5-18-7/h2-5,19H,1H3. The highest BCUT2D eigenvalue weighted by atomic mass is 32.1. The summed E-state index contributed by atoms with van der Waals surface area (Å²) in [7, 11) is 0. The summed E-state index contributed by atoms with van der Waals surface area (Å²) >= 11 is 1.05. The molecule has 2 aromatic heterocycles. The Labute approximate surface area is 125 Å². The lowest BCUT2D eigenvalue weighted by molar-refractivity contribution is -0.152. The SMILES string of the molecule is Cc1cc(O)c2c(=O)c(-c3cscn3)c(C(F)(F)F)oc2c1. The number of rotatable bonds is 1. The topological polar surface area (TPSA) is 63.3 Å². The fraction of sp³-hybridized carbons (Fsp3) is 0.143. The third-order valence-corrected chi connectivity index (χ3v) is 3.65. The molecular weight excluding hydrogens is 319 g/mol. The van der Waals surface area contributed by atoms with E-state index in [1.807, 2.05) is 0 Å². The molecule has 0 spiro atoms. The summed E-state index contributed by atoms with van der Waals surface area (Å²) in [6.45, 7) is 1.57. The average molecular weight is 327 g/mol. The smallest absolute Gasteiger partial charge is 0.450 e.